The standard InChI is InChI=1S/C23H26FN3O/c1-2-21-19-6-4-3-5-16(19)11-14-27(21)26-12-9-17(10-13-26)23-20-8-7-18(24)15-22(20)28-25-23/h3-8,15,17,21H,2,9-14H2,1H3. The van der Waals surface area contributed by atoms with E-state index in [1.54, 1.807) is 6.07 Å². The average Bonchev–Trinajstić information content (AvgIpc) is 3.16. The largest absolute Gasteiger partial charge is 0.356 e. The van der Waals surface area contributed by atoms with Crippen molar-refractivity contribution in [3.63, 3.8) is 0 Å². The maximum Gasteiger partial charge on any atom is 0.170 e. The Kier molecular flexibility index (Phi) is 4.65. The number of fused-ring (bicyclic) bond motifs is 2. The van der Waals surface area contributed by atoms with Crippen molar-refractivity contribution in [2.24, 2.45) is 0 Å². The van der Waals surface area contributed by atoms with E-state index in [-0.39, 0.29) is 5.82 Å². The zero-order valence-corrected chi connectivity index (χ0v) is 16.3. The lowest BCUT2D eigenvalue weighted by molar-refractivity contribution is -0.0830. The van der Waals surface area contributed by atoms with Crippen LogP contribution in [-0.4, -0.2) is 34.8 Å². The third-order valence-corrected chi connectivity index (χ3v) is 6.45. The molecule has 4 nitrogen and oxygen atoms in total. The van der Waals surface area contributed by atoms with Gasteiger partial charge in [0.2, 0.25) is 0 Å². The molecule has 1 fully saturated rings. The van der Waals surface area contributed by atoms with Crippen LogP contribution in [0.5, 0.6) is 0 Å². The van der Waals surface area contributed by atoms with Gasteiger partial charge in [0, 0.05) is 43.0 Å². The number of hydrogen-bond donors (Lipinski definition) is 0. The molecule has 1 aromatic heterocycles. The molecule has 3 aromatic rings. The van der Waals surface area contributed by atoms with E-state index < -0.39 is 0 Å². The van der Waals surface area contributed by atoms with E-state index in [2.05, 4.69) is 46.4 Å². The summed E-state index contributed by atoms with van der Waals surface area (Å²) in [7, 11) is 0. The highest BCUT2D eigenvalue weighted by Gasteiger charge is 2.33. The second-order valence-corrected chi connectivity index (χ2v) is 7.97. The van der Waals surface area contributed by atoms with E-state index in [9.17, 15) is 4.39 Å². The summed E-state index contributed by atoms with van der Waals surface area (Å²) in [5.74, 6) is 0.0983. The molecule has 0 radical (unpaired) electrons. The lowest BCUT2D eigenvalue weighted by atomic mass is 9.90. The molecule has 0 saturated carbocycles. The van der Waals surface area contributed by atoms with E-state index in [1.807, 2.05) is 0 Å². The predicted molar refractivity (Wildman–Crippen MR) is 107 cm³/mol. The van der Waals surface area contributed by atoms with Crippen LogP contribution in [0.1, 0.15) is 55.0 Å². The topological polar surface area (TPSA) is 32.5 Å². The number of halogens is 1. The molecule has 1 atom stereocenters. The molecule has 3 heterocycles. The summed E-state index contributed by atoms with van der Waals surface area (Å²) in [4.78, 5) is 0. The van der Waals surface area contributed by atoms with Gasteiger partial charge >= 0.3 is 0 Å². The number of aromatic nitrogens is 1. The summed E-state index contributed by atoms with van der Waals surface area (Å²) in [6.45, 7) is 5.43. The van der Waals surface area contributed by atoms with Gasteiger partial charge in [-0.15, -0.1) is 0 Å². The first kappa shape index (κ1) is 17.8. The summed E-state index contributed by atoms with van der Waals surface area (Å²) >= 11 is 0. The molecule has 2 aliphatic heterocycles. The number of rotatable bonds is 3. The van der Waals surface area contributed by atoms with Crippen LogP contribution in [0.3, 0.4) is 0 Å². The van der Waals surface area contributed by atoms with E-state index in [4.69, 9.17) is 4.52 Å². The van der Waals surface area contributed by atoms with Crippen molar-refractivity contribution in [1.82, 2.24) is 15.2 Å². The van der Waals surface area contributed by atoms with Crippen LogP contribution in [0.2, 0.25) is 0 Å². The molecule has 1 unspecified atom stereocenters. The Hall–Kier alpha value is -2.24. The van der Waals surface area contributed by atoms with Gasteiger partial charge in [-0.1, -0.05) is 36.3 Å². The third kappa shape index (κ3) is 3.03. The molecular weight excluding hydrogens is 353 g/mol. The normalized spacial score (nSPS) is 21.9. The summed E-state index contributed by atoms with van der Waals surface area (Å²) < 4.78 is 18.8. The molecule has 5 heteroatoms. The zero-order chi connectivity index (χ0) is 19.1. The smallest absolute Gasteiger partial charge is 0.170 e. The van der Waals surface area contributed by atoms with Crippen molar-refractivity contribution >= 4 is 11.0 Å². The molecule has 146 valence electrons. The van der Waals surface area contributed by atoms with Crippen molar-refractivity contribution in [3.05, 3.63) is 65.1 Å². The lowest BCUT2D eigenvalue weighted by Crippen LogP contribution is -2.50. The van der Waals surface area contributed by atoms with Crippen molar-refractivity contribution in [1.29, 1.82) is 0 Å². The molecule has 0 bridgehead atoms. The molecule has 5 rings (SSSR count). The van der Waals surface area contributed by atoms with Crippen LogP contribution in [0.15, 0.2) is 47.0 Å². The summed E-state index contributed by atoms with van der Waals surface area (Å²) in [5, 5.41) is 10.4. The van der Waals surface area contributed by atoms with Gasteiger partial charge in [0.1, 0.15) is 5.82 Å². The molecular formula is C23H26FN3O. The summed E-state index contributed by atoms with van der Waals surface area (Å²) in [6.07, 6.45) is 4.34. The van der Waals surface area contributed by atoms with Gasteiger partial charge in [-0.2, -0.15) is 0 Å². The molecule has 2 aliphatic rings. The van der Waals surface area contributed by atoms with E-state index in [1.165, 1.54) is 23.3 Å². The van der Waals surface area contributed by atoms with Gasteiger partial charge in [0.25, 0.3) is 0 Å². The number of hydrogen-bond acceptors (Lipinski definition) is 4. The molecule has 1 saturated heterocycles. The fraction of sp³-hybridized carbons (Fsp3) is 0.435. The summed E-state index contributed by atoms with van der Waals surface area (Å²) in [5.41, 5.74) is 4.53. The van der Waals surface area contributed by atoms with Crippen LogP contribution in [0, 0.1) is 5.82 Å². The maximum atomic E-state index is 13.4. The second-order valence-electron chi connectivity index (χ2n) is 7.97. The Labute approximate surface area is 164 Å². The molecule has 0 aliphatic carbocycles. The van der Waals surface area contributed by atoms with Crippen LogP contribution < -0.4 is 0 Å². The second kappa shape index (κ2) is 7.30. The highest BCUT2D eigenvalue weighted by Crippen LogP contribution is 2.37. The van der Waals surface area contributed by atoms with E-state index in [0.29, 0.717) is 17.5 Å². The van der Waals surface area contributed by atoms with Crippen LogP contribution in [-0.2, 0) is 6.42 Å². The lowest BCUT2D eigenvalue weighted by Gasteiger charge is -2.46. The monoisotopic (exact) mass is 379 g/mol. The van der Waals surface area contributed by atoms with Crippen molar-refractivity contribution in [2.45, 2.75) is 44.6 Å². The quantitative estimate of drug-likeness (QED) is 0.636. The Morgan fingerprint density at radius 2 is 1.93 bits per heavy atom. The van der Waals surface area contributed by atoms with Crippen molar-refractivity contribution in [2.75, 3.05) is 19.6 Å². The van der Waals surface area contributed by atoms with Gasteiger partial charge in [-0.3, -0.25) is 0 Å². The minimum absolute atomic E-state index is 0.277. The van der Waals surface area contributed by atoms with Gasteiger partial charge in [-0.05, 0) is 48.9 Å². The van der Waals surface area contributed by atoms with E-state index >= 15 is 0 Å². The number of hydrazine groups is 1. The first-order valence-electron chi connectivity index (χ1n) is 10.4. The number of benzene rings is 2. The van der Waals surface area contributed by atoms with Gasteiger partial charge in [0.15, 0.2) is 5.58 Å². The minimum atomic E-state index is -0.277. The molecule has 28 heavy (non-hydrogen) atoms. The molecule has 0 N–H and O–H groups in total. The first-order valence-corrected chi connectivity index (χ1v) is 10.4. The molecule has 0 spiro atoms. The van der Waals surface area contributed by atoms with Crippen molar-refractivity contribution in [3.8, 4) is 0 Å². The van der Waals surface area contributed by atoms with Crippen LogP contribution >= 0.6 is 0 Å². The van der Waals surface area contributed by atoms with E-state index in [0.717, 1.165) is 56.4 Å². The Morgan fingerprint density at radius 1 is 1.11 bits per heavy atom. The third-order valence-electron chi connectivity index (χ3n) is 6.45. The van der Waals surface area contributed by atoms with Crippen LogP contribution in [0.4, 0.5) is 4.39 Å². The SMILES string of the molecule is CCC1c2ccccc2CCN1N1CCC(c2noc3cc(F)ccc23)CC1. The van der Waals surface area contributed by atoms with Crippen molar-refractivity contribution < 1.29 is 8.91 Å². The van der Waals surface area contributed by atoms with Gasteiger partial charge in [-0.25, -0.2) is 14.4 Å². The minimum Gasteiger partial charge on any atom is -0.356 e. The van der Waals surface area contributed by atoms with Crippen LogP contribution in [0.25, 0.3) is 11.0 Å². The number of piperidine rings is 1. The summed E-state index contributed by atoms with van der Waals surface area (Å²) in [6, 6.07) is 14.1. The fourth-order valence-electron chi connectivity index (χ4n) is 5.03. The maximum absolute atomic E-state index is 13.4. The fourth-order valence-corrected chi connectivity index (χ4v) is 5.03. The molecule has 0 amide bonds. The Bertz CT molecular complexity index is 977. The zero-order valence-electron chi connectivity index (χ0n) is 16.3. The Balaban J connectivity index is 1.32. The highest BCUT2D eigenvalue weighted by atomic mass is 19.1. The molecule has 2 aromatic carbocycles. The Morgan fingerprint density at radius 3 is 2.75 bits per heavy atom. The van der Waals surface area contributed by atoms with Gasteiger partial charge in [0.05, 0.1) is 5.69 Å². The average molecular weight is 379 g/mol. The highest BCUT2D eigenvalue weighted by molar-refractivity contribution is 5.79. The van der Waals surface area contributed by atoms with Gasteiger partial charge < -0.3 is 4.52 Å². The first-order chi connectivity index (χ1) is 13.7. The predicted octanol–water partition coefficient (Wildman–Crippen LogP) is 5.07. The number of nitrogens with zero attached hydrogens (tertiary/aromatic N) is 3.